The summed E-state index contributed by atoms with van der Waals surface area (Å²) in [6.07, 6.45) is 1.87. The number of hydrogen-bond acceptors (Lipinski definition) is 4. The van der Waals surface area contributed by atoms with Crippen LogP contribution in [-0.2, 0) is 13.1 Å². The van der Waals surface area contributed by atoms with Gasteiger partial charge < -0.3 is 15.4 Å². The predicted octanol–water partition coefficient (Wildman–Crippen LogP) is 1.38. The average Bonchev–Trinajstić information content (AvgIpc) is 2.50. The Labute approximate surface area is 121 Å². The minimum atomic E-state index is 0.809. The molecule has 2 rings (SSSR count). The highest BCUT2D eigenvalue weighted by atomic mass is 16.5. The van der Waals surface area contributed by atoms with Crippen LogP contribution in [0.15, 0.2) is 30.9 Å². The first-order valence-corrected chi connectivity index (χ1v) is 7.24. The first-order valence-electron chi connectivity index (χ1n) is 7.24. The maximum absolute atomic E-state index is 5.51. The van der Waals surface area contributed by atoms with Crippen molar-refractivity contribution < 1.29 is 4.74 Å². The Kier molecular flexibility index (Phi) is 6.05. The van der Waals surface area contributed by atoms with Crippen LogP contribution in [0.5, 0.6) is 5.75 Å². The first-order chi connectivity index (χ1) is 9.83. The van der Waals surface area contributed by atoms with Gasteiger partial charge >= 0.3 is 0 Å². The minimum Gasteiger partial charge on any atom is -0.496 e. The molecule has 1 aliphatic rings. The molecule has 0 aliphatic carbocycles. The van der Waals surface area contributed by atoms with Gasteiger partial charge in [0, 0.05) is 51.4 Å². The third-order valence-corrected chi connectivity index (χ3v) is 3.57. The standard InChI is InChI=1S/C16H25N3O/c1-3-6-18-12-15-5-4-14(11-16(15)20-2)13-19-9-7-17-8-10-19/h3-5,11,17-18H,1,6-10,12-13H2,2H3. The van der Waals surface area contributed by atoms with Gasteiger partial charge in [-0.1, -0.05) is 18.2 Å². The van der Waals surface area contributed by atoms with E-state index < -0.39 is 0 Å². The molecule has 0 radical (unpaired) electrons. The van der Waals surface area contributed by atoms with Gasteiger partial charge in [0.15, 0.2) is 0 Å². The summed E-state index contributed by atoms with van der Waals surface area (Å²) in [6, 6.07) is 6.52. The molecular formula is C16H25N3O. The highest BCUT2D eigenvalue weighted by molar-refractivity contribution is 5.37. The van der Waals surface area contributed by atoms with Crippen molar-refractivity contribution in [3.8, 4) is 5.75 Å². The van der Waals surface area contributed by atoms with Crippen molar-refractivity contribution in [2.75, 3.05) is 39.8 Å². The second kappa shape index (κ2) is 8.04. The molecular weight excluding hydrogens is 250 g/mol. The van der Waals surface area contributed by atoms with E-state index in [1.54, 1.807) is 7.11 Å². The maximum atomic E-state index is 5.51. The zero-order chi connectivity index (χ0) is 14.2. The third-order valence-electron chi connectivity index (χ3n) is 3.57. The number of benzene rings is 1. The Balaban J connectivity index is 1.98. The number of rotatable bonds is 7. The van der Waals surface area contributed by atoms with Gasteiger partial charge in [0.2, 0.25) is 0 Å². The Hall–Kier alpha value is -1.36. The topological polar surface area (TPSA) is 36.5 Å². The number of hydrogen-bond donors (Lipinski definition) is 2. The number of nitrogens with one attached hydrogen (secondary N) is 2. The highest BCUT2D eigenvalue weighted by Gasteiger charge is 2.11. The van der Waals surface area contributed by atoms with Crippen molar-refractivity contribution >= 4 is 0 Å². The summed E-state index contributed by atoms with van der Waals surface area (Å²) in [5, 5.41) is 6.69. The van der Waals surface area contributed by atoms with Crippen LogP contribution in [0.1, 0.15) is 11.1 Å². The summed E-state index contributed by atoms with van der Waals surface area (Å²) in [5.74, 6) is 0.967. The Morgan fingerprint density at radius 3 is 2.90 bits per heavy atom. The van der Waals surface area contributed by atoms with Gasteiger partial charge in [-0.2, -0.15) is 0 Å². The van der Waals surface area contributed by atoms with Gasteiger partial charge in [-0.3, -0.25) is 4.90 Å². The molecule has 20 heavy (non-hydrogen) atoms. The molecule has 0 aromatic heterocycles. The molecule has 2 N–H and O–H groups in total. The quantitative estimate of drug-likeness (QED) is 0.582. The van der Waals surface area contributed by atoms with E-state index in [0.717, 1.165) is 51.6 Å². The summed E-state index contributed by atoms with van der Waals surface area (Å²) >= 11 is 0. The van der Waals surface area contributed by atoms with Crippen LogP contribution in [0.25, 0.3) is 0 Å². The second-order valence-corrected chi connectivity index (χ2v) is 5.09. The summed E-state index contributed by atoms with van der Waals surface area (Å²) in [4.78, 5) is 2.47. The molecule has 1 fully saturated rings. The first kappa shape index (κ1) is 15.0. The molecule has 0 atom stereocenters. The number of nitrogens with zero attached hydrogens (tertiary/aromatic N) is 1. The van der Waals surface area contributed by atoms with Crippen LogP contribution in [0.3, 0.4) is 0 Å². The molecule has 110 valence electrons. The van der Waals surface area contributed by atoms with Gasteiger partial charge in [0.05, 0.1) is 7.11 Å². The van der Waals surface area contributed by atoms with Crippen molar-refractivity contribution in [1.29, 1.82) is 0 Å². The monoisotopic (exact) mass is 275 g/mol. The van der Waals surface area contributed by atoms with Crippen LogP contribution in [0.2, 0.25) is 0 Å². The van der Waals surface area contributed by atoms with Crippen LogP contribution < -0.4 is 15.4 Å². The smallest absolute Gasteiger partial charge is 0.123 e. The van der Waals surface area contributed by atoms with Gasteiger partial charge in [-0.15, -0.1) is 6.58 Å². The van der Waals surface area contributed by atoms with E-state index in [-0.39, 0.29) is 0 Å². The summed E-state index contributed by atoms with van der Waals surface area (Å²) in [7, 11) is 1.74. The van der Waals surface area contributed by atoms with E-state index in [1.807, 2.05) is 6.08 Å². The fourth-order valence-corrected chi connectivity index (χ4v) is 2.47. The molecule has 0 amide bonds. The minimum absolute atomic E-state index is 0.809. The van der Waals surface area contributed by atoms with Crippen LogP contribution in [0, 0.1) is 0 Å². The van der Waals surface area contributed by atoms with Gasteiger partial charge in [0.1, 0.15) is 5.75 Å². The fourth-order valence-electron chi connectivity index (χ4n) is 2.47. The Morgan fingerprint density at radius 1 is 1.40 bits per heavy atom. The number of piperazine rings is 1. The van der Waals surface area contributed by atoms with Crippen LogP contribution in [0.4, 0.5) is 0 Å². The van der Waals surface area contributed by atoms with Crippen LogP contribution in [-0.4, -0.2) is 44.7 Å². The predicted molar refractivity (Wildman–Crippen MR) is 83.0 cm³/mol. The zero-order valence-corrected chi connectivity index (χ0v) is 12.3. The molecule has 4 nitrogen and oxygen atoms in total. The maximum Gasteiger partial charge on any atom is 0.123 e. The third kappa shape index (κ3) is 4.34. The second-order valence-electron chi connectivity index (χ2n) is 5.09. The van der Waals surface area contributed by atoms with E-state index >= 15 is 0 Å². The normalized spacial score (nSPS) is 16.1. The van der Waals surface area contributed by atoms with Crippen LogP contribution >= 0.6 is 0 Å². The van der Waals surface area contributed by atoms with Crippen molar-refractivity contribution in [3.05, 3.63) is 42.0 Å². The average molecular weight is 275 g/mol. The van der Waals surface area contributed by atoms with Crippen molar-refractivity contribution in [3.63, 3.8) is 0 Å². The van der Waals surface area contributed by atoms with Crippen molar-refractivity contribution in [1.82, 2.24) is 15.5 Å². The highest BCUT2D eigenvalue weighted by Crippen LogP contribution is 2.21. The lowest BCUT2D eigenvalue weighted by molar-refractivity contribution is 0.233. The molecule has 0 saturated carbocycles. The SMILES string of the molecule is C=CCNCc1ccc(CN2CCNCC2)cc1OC. The Bertz CT molecular complexity index is 428. The molecule has 0 spiro atoms. The lowest BCUT2D eigenvalue weighted by atomic mass is 10.1. The summed E-state index contributed by atoms with van der Waals surface area (Å²) in [5.41, 5.74) is 2.51. The summed E-state index contributed by atoms with van der Waals surface area (Å²) in [6.45, 7) is 10.7. The number of methoxy groups -OCH3 is 1. The lowest BCUT2D eigenvalue weighted by Crippen LogP contribution is -2.42. The van der Waals surface area contributed by atoms with E-state index in [0.29, 0.717) is 0 Å². The molecule has 1 aromatic carbocycles. The molecule has 1 saturated heterocycles. The molecule has 0 bridgehead atoms. The zero-order valence-electron chi connectivity index (χ0n) is 12.3. The lowest BCUT2D eigenvalue weighted by Gasteiger charge is -2.27. The molecule has 1 aliphatic heterocycles. The van der Waals surface area contributed by atoms with E-state index in [9.17, 15) is 0 Å². The van der Waals surface area contributed by atoms with Crippen molar-refractivity contribution in [2.24, 2.45) is 0 Å². The van der Waals surface area contributed by atoms with E-state index in [2.05, 4.69) is 40.3 Å². The Morgan fingerprint density at radius 2 is 2.20 bits per heavy atom. The molecule has 4 heteroatoms. The van der Waals surface area contributed by atoms with E-state index in [4.69, 9.17) is 4.74 Å². The molecule has 1 heterocycles. The van der Waals surface area contributed by atoms with Gasteiger partial charge in [-0.25, -0.2) is 0 Å². The van der Waals surface area contributed by atoms with Gasteiger partial charge in [0.25, 0.3) is 0 Å². The summed E-state index contributed by atoms with van der Waals surface area (Å²) < 4.78 is 5.51. The van der Waals surface area contributed by atoms with Gasteiger partial charge in [-0.05, 0) is 11.6 Å². The number of ether oxygens (including phenoxy) is 1. The fraction of sp³-hybridized carbons (Fsp3) is 0.500. The molecule has 0 unspecified atom stereocenters. The molecule has 1 aromatic rings. The van der Waals surface area contributed by atoms with E-state index in [1.165, 1.54) is 11.1 Å². The largest absolute Gasteiger partial charge is 0.496 e. The van der Waals surface area contributed by atoms with Crippen molar-refractivity contribution in [2.45, 2.75) is 13.1 Å².